The topological polar surface area (TPSA) is 122 Å². The Labute approximate surface area is 204 Å². The molecule has 34 heavy (non-hydrogen) atoms. The molecule has 9 nitrogen and oxygen atoms in total. The number of phenols is 1. The number of carbonyl (C=O) groups is 2. The molecule has 0 radical (unpaired) electrons. The highest BCUT2D eigenvalue weighted by molar-refractivity contribution is 9.18. The van der Waals surface area contributed by atoms with Gasteiger partial charge < -0.3 is 25.3 Å². The van der Waals surface area contributed by atoms with Crippen molar-refractivity contribution in [1.29, 1.82) is 0 Å². The Balaban J connectivity index is 1.36. The quantitative estimate of drug-likeness (QED) is 0.413. The highest BCUT2D eigenvalue weighted by Crippen LogP contribution is 2.15. The predicted molar refractivity (Wildman–Crippen MR) is 130 cm³/mol. The highest BCUT2D eigenvalue weighted by Gasteiger charge is 2.25. The number of fused-ring (bicyclic) bond motifs is 1. The monoisotopic (exact) mass is 526 g/mol. The zero-order valence-electron chi connectivity index (χ0n) is 18.1. The molecule has 0 saturated carbocycles. The molecule has 0 fully saturated rings. The summed E-state index contributed by atoms with van der Waals surface area (Å²) in [5.74, 6) is -0.269. The summed E-state index contributed by atoms with van der Waals surface area (Å²) in [5.41, 5.74) is 2.35. The van der Waals surface area contributed by atoms with E-state index in [1.807, 2.05) is 30.3 Å². The number of amides is 2. The second-order valence-corrected chi connectivity index (χ2v) is 8.74. The van der Waals surface area contributed by atoms with Crippen LogP contribution in [0.2, 0.25) is 0 Å². The molecule has 0 saturated heterocycles. The van der Waals surface area contributed by atoms with Crippen molar-refractivity contribution < 1.29 is 24.3 Å². The molecule has 0 bridgehead atoms. The number of benzene rings is 2. The summed E-state index contributed by atoms with van der Waals surface area (Å²) < 4.78 is 6.03. The molecule has 1 aliphatic rings. The lowest BCUT2D eigenvalue weighted by atomic mass is 10.0. The fourth-order valence-corrected chi connectivity index (χ4v) is 3.89. The molecule has 1 aliphatic heterocycles. The third-order valence-electron chi connectivity index (χ3n) is 5.20. The van der Waals surface area contributed by atoms with Crippen LogP contribution < -0.4 is 10.6 Å². The second-order valence-electron chi connectivity index (χ2n) is 7.82. The van der Waals surface area contributed by atoms with Gasteiger partial charge in [0.05, 0.1) is 12.1 Å². The normalized spacial score (nSPS) is 15.8. The van der Waals surface area contributed by atoms with Gasteiger partial charge in [0, 0.05) is 30.0 Å². The SMILES string of the molecule is O=C(NC(Cc1ccc(O)cc1)C(=O)NCC1CC(Br)=NO1)OCc1cnc2ccccc2c1. The lowest BCUT2D eigenvalue weighted by Crippen LogP contribution is -2.49. The Morgan fingerprint density at radius 3 is 2.74 bits per heavy atom. The number of hydrogen-bond acceptors (Lipinski definition) is 7. The van der Waals surface area contributed by atoms with Crippen LogP contribution in [-0.2, 0) is 27.4 Å². The van der Waals surface area contributed by atoms with Crippen LogP contribution in [0.3, 0.4) is 0 Å². The molecule has 0 aliphatic carbocycles. The van der Waals surface area contributed by atoms with E-state index in [0.717, 1.165) is 22.0 Å². The van der Waals surface area contributed by atoms with E-state index in [9.17, 15) is 14.7 Å². The Hall–Kier alpha value is -3.66. The van der Waals surface area contributed by atoms with Crippen LogP contribution in [0.5, 0.6) is 5.75 Å². The lowest BCUT2D eigenvalue weighted by molar-refractivity contribution is -0.123. The number of nitrogens with zero attached hydrogens (tertiary/aromatic N) is 2. The molecule has 176 valence electrons. The summed E-state index contributed by atoms with van der Waals surface area (Å²) in [6, 6.07) is 15.1. The largest absolute Gasteiger partial charge is 0.508 e. The van der Waals surface area contributed by atoms with Crippen molar-refractivity contribution in [3.63, 3.8) is 0 Å². The summed E-state index contributed by atoms with van der Waals surface area (Å²) in [4.78, 5) is 34.9. The van der Waals surface area contributed by atoms with E-state index in [1.165, 1.54) is 12.1 Å². The van der Waals surface area contributed by atoms with Crippen molar-refractivity contribution in [3.8, 4) is 5.75 Å². The van der Waals surface area contributed by atoms with Crippen LogP contribution in [0.1, 0.15) is 17.5 Å². The number of oxime groups is 1. The molecule has 3 N–H and O–H groups in total. The molecule has 0 spiro atoms. The van der Waals surface area contributed by atoms with Crippen LogP contribution in [0.4, 0.5) is 4.79 Å². The molecule has 10 heteroatoms. The van der Waals surface area contributed by atoms with Gasteiger partial charge in [-0.1, -0.05) is 35.5 Å². The van der Waals surface area contributed by atoms with Gasteiger partial charge in [-0.3, -0.25) is 9.78 Å². The average Bonchev–Trinajstić information content (AvgIpc) is 3.27. The zero-order valence-corrected chi connectivity index (χ0v) is 19.7. The van der Waals surface area contributed by atoms with Crippen molar-refractivity contribution in [2.24, 2.45) is 5.16 Å². The van der Waals surface area contributed by atoms with E-state index < -0.39 is 12.1 Å². The molecular formula is C24H23BrN4O5. The first-order valence-corrected chi connectivity index (χ1v) is 11.5. The Bertz CT molecular complexity index is 1200. The first-order chi connectivity index (χ1) is 16.5. The van der Waals surface area contributed by atoms with Gasteiger partial charge in [0.15, 0.2) is 6.10 Å². The van der Waals surface area contributed by atoms with E-state index in [1.54, 1.807) is 18.3 Å². The molecular weight excluding hydrogens is 504 g/mol. The van der Waals surface area contributed by atoms with E-state index in [4.69, 9.17) is 9.57 Å². The Morgan fingerprint density at radius 1 is 1.18 bits per heavy atom. The van der Waals surface area contributed by atoms with Gasteiger partial charge in [-0.25, -0.2) is 4.79 Å². The minimum absolute atomic E-state index is 0.0124. The summed E-state index contributed by atoms with van der Waals surface area (Å²) in [6.45, 7) is 0.251. The van der Waals surface area contributed by atoms with Crippen LogP contribution in [0, 0.1) is 0 Å². The maximum absolute atomic E-state index is 12.9. The van der Waals surface area contributed by atoms with Crippen LogP contribution in [-0.4, -0.2) is 45.4 Å². The standard InChI is InChI=1S/C24H23BrN4O5/c25-22-11-19(34-29-22)13-27-23(31)21(10-15-5-7-18(30)8-6-15)28-24(32)33-14-16-9-17-3-1-2-4-20(17)26-12-16/h1-9,12,19,21,30H,10-11,13-14H2,(H,27,31)(H,28,32). The number of rotatable bonds is 8. The maximum atomic E-state index is 12.9. The van der Waals surface area contributed by atoms with Crippen LogP contribution in [0.25, 0.3) is 10.9 Å². The third-order valence-corrected chi connectivity index (χ3v) is 5.67. The highest BCUT2D eigenvalue weighted by atomic mass is 79.9. The van der Waals surface area contributed by atoms with E-state index in [-0.39, 0.29) is 37.3 Å². The van der Waals surface area contributed by atoms with E-state index in [2.05, 4.69) is 36.7 Å². The Kier molecular flexibility index (Phi) is 7.58. The summed E-state index contributed by atoms with van der Waals surface area (Å²) in [6.07, 6.45) is 1.41. The fraction of sp³-hybridized carbons (Fsp3) is 0.250. The van der Waals surface area contributed by atoms with Crippen molar-refractivity contribution in [1.82, 2.24) is 15.6 Å². The molecule has 2 amide bonds. The predicted octanol–water partition coefficient (Wildman–Crippen LogP) is 3.39. The van der Waals surface area contributed by atoms with Crippen molar-refractivity contribution >= 4 is 43.5 Å². The van der Waals surface area contributed by atoms with Crippen LogP contribution in [0.15, 0.2) is 65.9 Å². The number of halogens is 1. The van der Waals surface area contributed by atoms with Gasteiger partial charge in [0.1, 0.15) is 23.0 Å². The van der Waals surface area contributed by atoms with Gasteiger partial charge in [-0.15, -0.1) is 0 Å². The average molecular weight is 527 g/mol. The molecule has 3 aromatic rings. The van der Waals surface area contributed by atoms with Gasteiger partial charge >= 0.3 is 6.09 Å². The number of ether oxygens (including phenoxy) is 1. The molecule has 2 unspecified atom stereocenters. The summed E-state index contributed by atoms with van der Waals surface area (Å²) in [5, 5.41) is 19.7. The van der Waals surface area contributed by atoms with Gasteiger partial charge in [0.25, 0.3) is 0 Å². The van der Waals surface area contributed by atoms with Crippen molar-refractivity contribution in [3.05, 3.63) is 71.9 Å². The number of hydrogen-bond donors (Lipinski definition) is 3. The number of phenolic OH excluding ortho intramolecular Hbond substituents is 1. The smallest absolute Gasteiger partial charge is 0.408 e. The van der Waals surface area contributed by atoms with Gasteiger partial charge in [-0.05, 0) is 45.8 Å². The molecule has 4 rings (SSSR count). The number of pyridine rings is 1. The number of alkyl carbamates (subject to hydrolysis) is 1. The minimum Gasteiger partial charge on any atom is -0.508 e. The van der Waals surface area contributed by atoms with Crippen molar-refractivity contribution in [2.45, 2.75) is 31.6 Å². The van der Waals surface area contributed by atoms with Gasteiger partial charge in [0.2, 0.25) is 5.91 Å². The van der Waals surface area contributed by atoms with Crippen LogP contribution >= 0.6 is 15.9 Å². The number of para-hydroxylation sites is 1. The summed E-state index contributed by atoms with van der Waals surface area (Å²) >= 11 is 3.26. The number of carbonyl (C=O) groups excluding carboxylic acids is 2. The van der Waals surface area contributed by atoms with Gasteiger partial charge in [-0.2, -0.15) is 0 Å². The third kappa shape index (κ3) is 6.44. The summed E-state index contributed by atoms with van der Waals surface area (Å²) in [7, 11) is 0. The number of nitrogens with one attached hydrogen (secondary N) is 2. The first kappa shape index (κ1) is 23.5. The molecule has 2 heterocycles. The zero-order chi connectivity index (χ0) is 23.9. The fourth-order valence-electron chi connectivity index (χ4n) is 3.45. The number of aromatic nitrogens is 1. The lowest BCUT2D eigenvalue weighted by Gasteiger charge is -2.19. The second kappa shape index (κ2) is 11.0. The number of aromatic hydroxyl groups is 1. The van der Waals surface area contributed by atoms with E-state index >= 15 is 0 Å². The first-order valence-electron chi connectivity index (χ1n) is 10.7. The van der Waals surface area contributed by atoms with Crippen molar-refractivity contribution in [2.75, 3.05) is 6.54 Å². The van der Waals surface area contributed by atoms with E-state index in [0.29, 0.717) is 11.0 Å². The minimum atomic E-state index is -0.891. The maximum Gasteiger partial charge on any atom is 0.408 e. The Morgan fingerprint density at radius 2 is 1.97 bits per heavy atom. The molecule has 1 aromatic heterocycles. The molecule has 2 aromatic carbocycles. The molecule has 2 atom stereocenters.